The number of carbonyl (C=O) groups is 2. The Morgan fingerprint density at radius 3 is 2.93 bits per heavy atom. The monoisotopic (exact) mass is 213 g/mol. The van der Waals surface area contributed by atoms with E-state index in [1.165, 1.54) is 0 Å². The lowest BCUT2D eigenvalue weighted by Gasteiger charge is -2.23. The van der Waals surface area contributed by atoms with Crippen LogP contribution in [0.25, 0.3) is 0 Å². The second-order valence-electron chi connectivity index (χ2n) is 4.03. The largest absolute Gasteiger partial charge is 0.347 e. The molecule has 0 spiro atoms. The molecule has 0 aliphatic carbocycles. The molecule has 0 bridgehead atoms. The number of hydrogen-bond acceptors (Lipinski definition) is 3. The second kappa shape index (κ2) is 5.70. The van der Waals surface area contributed by atoms with Crippen LogP contribution >= 0.6 is 0 Å². The highest BCUT2D eigenvalue weighted by Crippen LogP contribution is 2.03. The van der Waals surface area contributed by atoms with Crippen molar-refractivity contribution in [3.05, 3.63) is 0 Å². The predicted molar refractivity (Wildman–Crippen MR) is 57.3 cm³/mol. The summed E-state index contributed by atoms with van der Waals surface area (Å²) in [4.78, 5) is 24.4. The molecule has 1 aliphatic heterocycles. The number of nitrogens with zero attached hydrogens (tertiary/aromatic N) is 1. The summed E-state index contributed by atoms with van der Waals surface area (Å²) >= 11 is 0. The highest BCUT2D eigenvalue weighted by atomic mass is 16.2. The minimum Gasteiger partial charge on any atom is -0.347 e. The molecule has 0 aromatic heterocycles. The van der Waals surface area contributed by atoms with Crippen LogP contribution in [0.2, 0.25) is 0 Å². The fraction of sp³-hybridized carbons (Fsp3) is 0.800. The first-order valence-corrected chi connectivity index (χ1v) is 5.32. The second-order valence-corrected chi connectivity index (χ2v) is 4.03. The van der Waals surface area contributed by atoms with Crippen molar-refractivity contribution < 1.29 is 9.59 Å². The van der Waals surface area contributed by atoms with Crippen molar-refractivity contribution in [1.82, 2.24) is 15.5 Å². The molecule has 5 heteroatoms. The van der Waals surface area contributed by atoms with Crippen LogP contribution < -0.4 is 10.6 Å². The maximum absolute atomic E-state index is 11.6. The molecule has 1 atom stereocenters. The van der Waals surface area contributed by atoms with E-state index in [0.717, 1.165) is 6.54 Å². The van der Waals surface area contributed by atoms with Crippen LogP contribution in [0.4, 0.5) is 0 Å². The molecule has 1 fully saturated rings. The summed E-state index contributed by atoms with van der Waals surface area (Å²) in [6, 6.07) is 0. The van der Waals surface area contributed by atoms with Crippen molar-refractivity contribution in [2.75, 3.05) is 33.2 Å². The first kappa shape index (κ1) is 12.0. The molecule has 1 aliphatic rings. The van der Waals surface area contributed by atoms with Crippen molar-refractivity contribution >= 4 is 11.8 Å². The van der Waals surface area contributed by atoms with E-state index in [1.54, 1.807) is 4.90 Å². The molecule has 1 saturated heterocycles. The molecular weight excluding hydrogens is 194 g/mol. The Morgan fingerprint density at radius 2 is 2.27 bits per heavy atom. The summed E-state index contributed by atoms with van der Waals surface area (Å²) in [5.74, 6) is 0.392. The Labute approximate surface area is 90.2 Å². The molecule has 15 heavy (non-hydrogen) atoms. The third-order valence-corrected chi connectivity index (χ3v) is 2.48. The van der Waals surface area contributed by atoms with Gasteiger partial charge in [0.1, 0.15) is 0 Å². The smallest absolute Gasteiger partial charge is 0.241 e. The van der Waals surface area contributed by atoms with Crippen LogP contribution in [-0.4, -0.2) is 49.9 Å². The van der Waals surface area contributed by atoms with Gasteiger partial charge in [-0.2, -0.15) is 0 Å². The van der Waals surface area contributed by atoms with Gasteiger partial charge in [-0.3, -0.25) is 9.59 Å². The van der Waals surface area contributed by atoms with Gasteiger partial charge >= 0.3 is 0 Å². The fourth-order valence-electron chi connectivity index (χ4n) is 1.72. The number of carbonyl (C=O) groups excluding carboxylic acids is 2. The lowest BCUT2D eigenvalue weighted by atomic mass is 10.1. The van der Waals surface area contributed by atoms with Gasteiger partial charge in [0.25, 0.3) is 0 Å². The standard InChI is InChI=1S/C10H19N3O2/c1-8(5-11-2)7-13-4-3-9(14)12-6-10(13)15/h8,11H,3-7H2,1-2H3,(H,12,14). The predicted octanol–water partition coefficient (Wildman–Crippen LogP) is -0.810. The summed E-state index contributed by atoms with van der Waals surface area (Å²) < 4.78 is 0. The Hall–Kier alpha value is -1.10. The molecule has 5 nitrogen and oxygen atoms in total. The zero-order chi connectivity index (χ0) is 11.3. The van der Waals surface area contributed by atoms with Gasteiger partial charge in [0.05, 0.1) is 6.54 Å². The molecule has 86 valence electrons. The summed E-state index contributed by atoms with van der Waals surface area (Å²) in [6.45, 7) is 4.37. The van der Waals surface area contributed by atoms with Crippen LogP contribution in [0.1, 0.15) is 13.3 Å². The van der Waals surface area contributed by atoms with Gasteiger partial charge in [0.15, 0.2) is 0 Å². The quantitative estimate of drug-likeness (QED) is 0.642. The summed E-state index contributed by atoms with van der Waals surface area (Å²) in [5.41, 5.74) is 0. The van der Waals surface area contributed by atoms with Gasteiger partial charge < -0.3 is 15.5 Å². The molecule has 0 saturated carbocycles. The van der Waals surface area contributed by atoms with Crippen LogP contribution in [-0.2, 0) is 9.59 Å². The molecule has 1 unspecified atom stereocenters. The van der Waals surface area contributed by atoms with Crippen molar-refractivity contribution in [2.45, 2.75) is 13.3 Å². The van der Waals surface area contributed by atoms with Crippen LogP contribution in [0.15, 0.2) is 0 Å². The van der Waals surface area contributed by atoms with Gasteiger partial charge in [-0.15, -0.1) is 0 Å². The van der Waals surface area contributed by atoms with E-state index in [2.05, 4.69) is 17.6 Å². The summed E-state index contributed by atoms with van der Waals surface area (Å²) in [6.07, 6.45) is 0.415. The fourth-order valence-corrected chi connectivity index (χ4v) is 1.72. The SMILES string of the molecule is CNCC(C)CN1CCC(=O)NCC1=O. The number of hydrogen-bond donors (Lipinski definition) is 2. The number of nitrogens with one attached hydrogen (secondary N) is 2. The van der Waals surface area contributed by atoms with E-state index in [-0.39, 0.29) is 18.4 Å². The van der Waals surface area contributed by atoms with E-state index in [4.69, 9.17) is 0 Å². The first-order chi connectivity index (χ1) is 7.13. The zero-order valence-electron chi connectivity index (χ0n) is 9.38. The van der Waals surface area contributed by atoms with Gasteiger partial charge in [-0.05, 0) is 19.5 Å². The molecule has 0 radical (unpaired) electrons. The van der Waals surface area contributed by atoms with Crippen LogP contribution in [0.5, 0.6) is 0 Å². The lowest BCUT2D eigenvalue weighted by molar-refractivity contribution is -0.130. The lowest BCUT2D eigenvalue weighted by Crippen LogP contribution is -2.39. The van der Waals surface area contributed by atoms with Crippen molar-refractivity contribution in [2.24, 2.45) is 5.92 Å². The topological polar surface area (TPSA) is 61.4 Å². The highest BCUT2D eigenvalue weighted by Gasteiger charge is 2.21. The third-order valence-electron chi connectivity index (χ3n) is 2.48. The maximum atomic E-state index is 11.6. The minimum absolute atomic E-state index is 0.0174. The molecule has 1 heterocycles. The average Bonchev–Trinajstić information content (AvgIpc) is 2.33. The zero-order valence-corrected chi connectivity index (χ0v) is 9.38. The van der Waals surface area contributed by atoms with Crippen molar-refractivity contribution in [3.8, 4) is 0 Å². The van der Waals surface area contributed by atoms with Gasteiger partial charge in [0, 0.05) is 19.5 Å². The van der Waals surface area contributed by atoms with Gasteiger partial charge in [0.2, 0.25) is 11.8 Å². The Balaban J connectivity index is 2.45. The molecule has 2 N–H and O–H groups in total. The van der Waals surface area contributed by atoms with Gasteiger partial charge in [-0.25, -0.2) is 0 Å². The third kappa shape index (κ3) is 3.87. The van der Waals surface area contributed by atoms with E-state index in [1.807, 2.05) is 7.05 Å². The highest BCUT2D eigenvalue weighted by molar-refractivity contribution is 5.87. The van der Waals surface area contributed by atoms with Crippen LogP contribution in [0, 0.1) is 5.92 Å². The van der Waals surface area contributed by atoms with E-state index >= 15 is 0 Å². The molecule has 0 aromatic carbocycles. The number of rotatable bonds is 4. The summed E-state index contributed by atoms with van der Waals surface area (Å²) in [7, 11) is 1.89. The first-order valence-electron chi connectivity index (χ1n) is 5.32. The van der Waals surface area contributed by atoms with Crippen LogP contribution in [0.3, 0.4) is 0 Å². The van der Waals surface area contributed by atoms with E-state index < -0.39 is 0 Å². The van der Waals surface area contributed by atoms with Crippen molar-refractivity contribution in [1.29, 1.82) is 0 Å². The van der Waals surface area contributed by atoms with E-state index in [0.29, 0.717) is 25.4 Å². The Kier molecular flexibility index (Phi) is 4.55. The molecule has 1 rings (SSSR count). The molecule has 0 aromatic rings. The molecule has 2 amide bonds. The maximum Gasteiger partial charge on any atom is 0.241 e. The molecular formula is C10H19N3O2. The van der Waals surface area contributed by atoms with Gasteiger partial charge in [-0.1, -0.05) is 6.92 Å². The summed E-state index contributed by atoms with van der Waals surface area (Å²) in [5, 5.41) is 5.66. The van der Waals surface area contributed by atoms with Crippen molar-refractivity contribution in [3.63, 3.8) is 0 Å². The van der Waals surface area contributed by atoms with E-state index in [9.17, 15) is 9.59 Å². The normalized spacial score (nSPS) is 19.7. The minimum atomic E-state index is -0.0351. The Bertz CT molecular complexity index is 243. The Morgan fingerprint density at radius 1 is 1.53 bits per heavy atom. The number of amides is 2. The average molecular weight is 213 g/mol.